The molecule has 0 radical (unpaired) electrons. The van der Waals surface area contributed by atoms with Gasteiger partial charge in [0.05, 0.1) is 12.2 Å². The smallest absolute Gasteiger partial charge is 0.225 e. The van der Waals surface area contributed by atoms with Gasteiger partial charge in [-0.05, 0) is 26.7 Å². The van der Waals surface area contributed by atoms with E-state index in [1.54, 1.807) is 7.05 Å². The summed E-state index contributed by atoms with van der Waals surface area (Å²) < 4.78 is 5.78. The van der Waals surface area contributed by atoms with Gasteiger partial charge >= 0.3 is 0 Å². The molecule has 2 N–H and O–H groups in total. The van der Waals surface area contributed by atoms with Crippen LogP contribution in [0.25, 0.3) is 0 Å². The van der Waals surface area contributed by atoms with Crippen molar-refractivity contribution in [1.29, 1.82) is 0 Å². The highest BCUT2D eigenvalue weighted by Gasteiger charge is 2.28. The summed E-state index contributed by atoms with van der Waals surface area (Å²) in [6.45, 7) is 13.8. The third-order valence-corrected chi connectivity index (χ3v) is 5.00. The van der Waals surface area contributed by atoms with E-state index in [9.17, 15) is 4.79 Å². The minimum Gasteiger partial charge on any atom is -0.373 e. The van der Waals surface area contributed by atoms with Gasteiger partial charge in [-0.25, -0.2) is 0 Å². The van der Waals surface area contributed by atoms with Gasteiger partial charge in [-0.3, -0.25) is 14.7 Å². The number of nitrogens with one attached hydrogen (secondary N) is 2. The topological polar surface area (TPSA) is 69.2 Å². The Kier molecular flexibility index (Phi) is 10.9. The fourth-order valence-electron chi connectivity index (χ4n) is 3.81. The molecule has 1 amide bonds. The van der Waals surface area contributed by atoms with Crippen molar-refractivity contribution >= 4 is 35.8 Å². The number of amides is 1. The molecule has 158 valence electrons. The van der Waals surface area contributed by atoms with Crippen molar-refractivity contribution < 1.29 is 9.53 Å². The number of rotatable bonds is 6. The number of carbonyl (C=O) groups excluding carboxylic acids is 1. The monoisotopic (exact) mass is 495 g/mol. The third kappa shape index (κ3) is 8.11. The summed E-state index contributed by atoms with van der Waals surface area (Å²) >= 11 is 0. The molecule has 2 fully saturated rings. The summed E-state index contributed by atoms with van der Waals surface area (Å²) in [5.41, 5.74) is 0. The summed E-state index contributed by atoms with van der Waals surface area (Å²) in [7, 11) is 1.80. The first kappa shape index (κ1) is 24.4. The fourth-order valence-corrected chi connectivity index (χ4v) is 3.81. The van der Waals surface area contributed by atoms with Gasteiger partial charge in [-0.15, -0.1) is 24.0 Å². The lowest BCUT2D eigenvalue weighted by atomic mass is 10.2. The molecule has 3 atom stereocenters. The number of aliphatic imine (C=N–C) groups is 1. The molecule has 0 bridgehead atoms. The van der Waals surface area contributed by atoms with Crippen LogP contribution in [0.1, 0.15) is 40.5 Å². The van der Waals surface area contributed by atoms with Crippen molar-refractivity contribution in [2.45, 2.75) is 58.8 Å². The zero-order chi connectivity index (χ0) is 19.1. The molecule has 3 unspecified atom stereocenters. The van der Waals surface area contributed by atoms with Crippen molar-refractivity contribution in [3.63, 3.8) is 0 Å². The molecule has 0 spiro atoms. The van der Waals surface area contributed by atoms with Crippen LogP contribution in [-0.4, -0.2) is 86.2 Å². The molecule has 0 aromatic heterocycles. The Morgan fingerprint density at radius 2 is 1.89 bits per heavy atom. The van der Waals surface area contributed by atoms with Gasteiger partial charge in [0.15, 0.2) is 5.96 Å². The lowest BCUT2D eigenvalue weighted by Crippen LogP contribution is -2.47. The summed E-state index contributed by atoms with van der Waals surface area (Å²) in [6.07, 6.45) is 2.69. The molecule has 8 heteroatoms. The Hall–Kier alpha value is -0.610. The summed E-state index contributed by atoms with van der Waals surface area (Å²) in [5, 5.41) is 6.86. The van der Waals surface area contributed by atoms with Crippen LogP contribution in [0.4, 0.5) is 0 Å². The Bertz CT molecular complexity index is 479. The number of ether oxygens (including phenoxy) is 1. The van der Waals surface area contributed by atoms with Crippen LogP contribution in [0.5, 0.6) is 0 Å². The SMILES string of the molecule is CN=C(NCCCN1CC(C)OC(C)C1)NC1CCN(C(=O)C(C)C)C1.I. The van der Waals surface area contributed by atoms with E-state index < -0.39 is 0 Å². The quantitative estimate of drug-likeness (QED) is 0.253. The third-order valence-electron chi connectivity index (χ3n) is 5.00. The highest BCUT2D eigenvalue weighted by molar-refractivity contribution is 14.0. The molecule has 2 rings (SSSR count). The normalized spacial score (nSPS) is 26.8. The zero-order valence-corrected chi connectivity index (χ0v) is 19.9. The first-order valence-corrected chi connectivity index (χ1v) is 10.0. The van der Waals surface area contributed by atoms with Crippen LogP contribution in [-0.2, 0) is 9.53 Å². The molecule has 0 aromatic rings. The van der Waals surface area contributed by atoms with Gasteiger partial charge in [0.2, 0.25) is 5.91 Å². The number of nitrogens with zero attached hydrogens (tertiary/aromatic N) is 3. The van der Waals surface area contributed by atoms with Gasteiger partial charge in [0.25, 0.3) is 0 Å². The van der Waals surface area contributed by atoms with E-state index in [0.29, 0.717) is 12.2 Å². The molecule has 0 saturated carbocycles. The number of hydrogen-bond acceptors (Lipinski definition) is 4. The number of carbonyl (C=O) groups is 1. The lowest BCUT2D eigenvalue weighted by molar-refractivity contribution is -0.133. The standard InChI is InChI=1S/C19H37N5O2.HI/c1-14(2)18(25)24-10-7-17(13-24)22-19(20-5)21-8-6-9-23-11-15(3)26-16(4)12-23;/h14-17H,6-13H2,1-5H3,(H2,20,21,22);1H. The molecule has 2 heterocycles. The molecular formula is C19H38IN5O2. The van der Waals surface area contributed by atoms with Crippen LogP contribution < -0.4 is 10.6 Å². The van der Waals surface area contributed by atoms with Gasteiger partial charge in [-0.2, -0.15) is 0 Å². The maximum absolute atomic E-state index is 12.1. The van der Waals surface area contributed by atoms with Gasteiger partial charge in [0, 0.05) is 58.3 Å². The van der Waals surface area contributed by atoms with Crippen molar-refractivity contribution in [3.8, 4) is 0 Å². The van der Waals surface area contributed by atoms with Crippen molar-refractivity contribution in [3.05, 3.63) is 0 Å². The summed E-state index contributed by atoms with van der Waals surface area (Å²) in [5.74, 6) is 1.14. The second-order valence-corrected chi connectivity index (χ2v) is 7.94. The number of likely N-dealkylation sites (tertiary alicyclic amines) is 1. The average molecular weight is 495 g/mol. The van der Waals surface area contributed by atoms with E-state index in [0.717, 1.165) is 58.1 Å². The number of guanidine groups is 1. The maximum Gasteiger partial charge on any atom is 0.225 e. The number of hydrogen-bond donors (Lipinski definition) is 2. The second kappa shape index (κ2) is 12.1. The van der Waals surface area contributed by atoms with Crippen molar-refractivity contribution in [2.24, 2.45) is 10.9 Å². The van der Waals surface area contributed by atoms with Crippen molar-refractivity contribution in [1.82, 2.24) is 20.4 Å². The van der Waals surface area contributed by atoms with Gasteiger partial charge in [0.1, 0.15) is 0 Å². The van der Waals surface area contributed by atoms with E-state index in [4.69, 9.17) is 4.74 Å². The van der Waals surface area contributed by atoms with E-state index >= 15 is 0 Å². The minimum absolute atomic E-state index is 0. The fraction of sp³-hybridized carbons (Fsp3) is 0.895. The molecule has 2 aliphatic rings. The average Bonchev–Trinajstić information content (AvgIpc) is 3.04. The molecule has 0 aliphatic carbocycles. The largest absolute Gasteiger partial charge is 0.373 e. The van der Waals surface area contributed by atoms with Crippen LogP contribution in [0.2, 0.25) is 0 Å². The number of halogens is 1. The predicted molar refractivity (Wildman–Crippen MR) is 121 cm³/mol. The van der Waals surface area contributed by atoms with Crippen LogP contribution in [0.15, 0.2) is 4.99 Å². The Morgan fingerprint density at radius 1 is 1.22 bits per heavy atom. The van der Waals surface area contributed by atoms with Crippen LogP contribution >= 0.6 is 24.0 Å². The van der Waals surface area contributed by atoms with E-state index in [1.807, 2.05) is 18.7 Å². The molecule has 7 nitrogen and oxygen atoms in total. The molecular weight excluding hydrogens is 457 g/mol. The predicted octanol–water partition coefficient (Wildman–Crippen LogP) is 1.53. The Labute approximate surface area is 181 Å². The molecule has 27 heavy (non-hydrogen) atoms. The molecule has 2 saturated heterocycles. The first-order valence-electron chi connectivity index (χ1n) is 10.0. The highest BCUT2D eigenvalue weighted by atomic mass is 127. The van der Waals surface area contributed by atoms with E-state index in [-0.39, 0.29) is 41.8 Å². The Balaban J connectivity index is 0.00000364. The first-order chi connectivity index (χ1) is 12.4. The van der Waals surface area contributed by atoms with Gasteiger partial charge in [-0.1, -0.05) is 13.8 Å². The van der Waals surface area contributed by atoms with E-state index in [2.05, 4.69) is 34.4 Å². The minimum atomic E-state index is 0. The Morgan fingerprint density at radius 3 is 2.48 bits per heavy atom. The summed E-state index contributed by atoms with van der Waals surface area (Å²) in [4.78, 5) is 20.8. The summed E-state index contributed by atoms with van der Waals surface area (Å²) in [6, 6.07) is 0.282. The van der Waals surface area contributed by atoms with E-state index in [1.165, 1.54) is 0 Å². The maximum atomic E-state index is 12.1. The zero-order valence-electron chi connectivity index (χ0n) is 17.5. The molecule has 0 aromatic carbocycles. The second-order valence-electron chi connectivity index (χ2n) is 7.94. The molecule has 2 aliphatic heterocycles. The van der Waals surface area contributed by atoms with Crippen molar-refractivity contribution in [2.75, 3.05) is 46.3 Å². The van der Waals surface area contributed by atoms with Crippen LogP contribution in [0, 0.1) is 5.92 Å². The van der Waals surface area contributed by atoms with Gasteiger partial charge < -0.3 is 20.3 Å². The lowest BCUT2D eigenvalue weighted by Gasteiger charge is -2.35. The number of morpholine rings is 1. The van der Waals surface area contributed by atoms with Crippen LogP contribution in [0.3, 0.4) is 0 Å². The highest BCUT2D eigenvalue weighted by Crippen LogP contribution is 2.13.